The zero-order valence-electron chi connectivity index (χ0n) is 8.61. The summed E-state index contributed by atoms with van der Waals surface area (Å²) in [5.74, 6) is -4.95. The maximum atomic E-state index is 12.9. The molecule has 1 aromatic rings. The molecule has 2 nitrogen and oxygen atoms in total. The van der Waals surface area contributed by atoms with Gasteiger partial charge in [0, 0.05) is 0 Å². The minimum Gasteiger partial charge on any atom is -0.376 e. The van der Waals surface area contributed by atoms with Crippen molar-refractivity contribution >= 4 is 6.29 Å². The van der Waals surface area contributed by atoms with Crippen LogP contribution >= 0.6 is 0 Å². The van der Waals surface area contributed by atoms with Crippen LogP contribution < -0.4 is 0 Å². The Labute approximate surface area is 92.2 Å². The third kappa shape index (κ3) is 2.11. The number of rotatable bonds is 5. The highest BCUT2D eigenvalue weighted by Gasteiger charge is 2.68. The summed E-state index contributed by atoms with van der Waals surface area (Å²) in [5.41, 5.74) is 0.939. The summed E-state index contributed by atoms with van der Waals surface area (Å²) in [4.78, 5) is 10.3. The standard InChI is InChI=1S/C12H12F2O2/c13-12(14)10(6-15)11(12)8-16-7-9-4-2-1-3-5-9/h1-6,10-11H,7-8H2. The Bertz CT molecular complexity index is 365. The van der Waals surface area contributed by atoms with Crippen molar-refractivity contribution in [1.29, 1.82) is 0 Å². The topological polar surface area (TPSA) is 26.3 Å². The van der Waals surface area contributed by atoms with Crippen LogP contribution in [0.5, 0.6) is 0 Å². The zero-order chi connectivity index (χ0) is 11.6. The maximum Gasteiger partial charge on any atom is 0.263 e. The summed E-state index contributed by atoms with van der Waals surface area (Å²) >= 11 is 0. The van der Waals surface area contributed by atoms with Gasteiger partial charge in [-0.25, -0.2) is 8.78 Å². The van der Waals surface area contributed by atoms with Crippen LogP contribution in [0.4, 0.5) is 8.78 Å². The van der Waals surface area contributed by atoms with Crippen molar-refractivity contribution < 1.29 is 18.3 Å². The van der Waals surface area contributed by atoms with Crippen LogP contribution in [0.15, 0.2) is 30.3 Å². The molecule has 1 aromatic carbocycles. The van der Waals surface area contributed by atoms with E-state index in [4.69, 9.17) is 4.74 Å². The smallest absolute Gasteiger partial charge is 0.263 e. The molecular weight excluding hydrogens is 214 g/mol. The number of hydrogen-bond donors (Lipinski definition) is 0. The molecule has 2 atom stereocenters. The van der Waals surface area contributed by atoms with Gasteiger partial charge in [0.25, 0.3) is 5.92 Å². The van der Waals surface area contributed by atoms with E-state index in [1.807, 2.05) is 30.3 Å². The molecule has 0 radical (unpaired) electrons. The van der Waals surface area contributed by atoms with E-state index in [1.54, 1.807) is 0 Å². The second kappa shape index (κ2) is 4.29. The summed E-state index contributed by atoms with van der Waals surface area (Å²) in [5, 5.41) is 0. The van der Waals surface area contributed by atoms with Gasteiger partial charge in [-0.2, -0.15) is 0 Å². The second-order valence-corrected chi connectivity index (χ2v) is 3.94. The molecule has 1 aliphatic carbocycles. The first-order chi connectivity index (χ1) is 7.66. The lowest BCUT2D eigenvalue weighted by molar-refractivity contribution is -0.110. The summed E-state index contributed by atoms with van der Waals surface area (Å²) in [6.07, 6.45) is 0.316. The van der Waals surface area contributed by atoms with E-state index in [-0.39, 0.29) is 6.61 Å². The molecule has 4 heteroatoms. The number of benzene rings is 1. The Morgan fingerprint density at radius 2 is 2.00 bits per heavy atom. The average Bonchev–Trinajstić information content (AvgIpc) is 2.81. The van der Waals surface area contributed by atoms with Crippen molar-refractivity contribution in [3.63, 3.8) is 0 Å². The summed E-state index contributed by atoms with van der Waals surface area (Å²) in [6, 6.07) is 9.32. The van der Waals surface area contributed by atoms with Gasteiger partial charge in [0.15, 0.2) is 0 Å². The number of aldehydes is 1. The first-order valence-electron chi connectivity index (χ1n) is 5.11. The molecule has 86 valence electrons. The lowest BCUT2D eigenvalue weighted by Crippen LogP contribution is -2.03. The van der Waals surface area contributed by atoms with Crippen LogP contribution in [-0.4, -0.2) is 18.8 Å². The Morgan fingerprint density at radius 3 is 2.56 bits per heavy atom. The fourth-order valence-electron chi connectivity index (χ4n) is 1.69. The van der Waals surface area contributed by atoms with E-state index in [2.05, 4.69) is 0 Å². The Hall–Kier alpha value is -1.29. The number of halogens is 2. The molecule has 16 heavy (non-hydrogen) atoms. The molecule has 0 bridgehead atoms. The molecule has 0 N–H and O–H groups in total. The number of hydrogen-bond acceptors (Lipinski definition) is 2. The van der Waals surface area contributed by atoms with Gasteiger partial charge >= 0.3 is 0 Å². The van der Waals surface area contributed by atoms with Gasteiger partial charge < -0.3 is 9.53 Å². The Balaban J connectivity index is 1.76. The first-order valence-corrected chi connectivity index (χ1v) is 5.11. The van der Waals surface area contributed by atoms with Gasteiger partial charge in [-0.15, -0.1) is 0 Å². The van der Waals surface area contributed by atoms with Crippen LogP contribution in [0.3, 0.4) is 0 Å². The predicted molar refractivity (Wildman–Crippen MR) is 54.1 cm³/mol. The van der Waals surface area contributed by atoms with E-state index < -0.39 is 17.8 Å². The molecule has 0 aliphatic heterocycles. The number of carbonyl (C=O) groups is 1. The molecule has 0 amide bonds. The largest absolute Gasteiger partial charge is 0.376 e. The second-order valence-electron chi connectivity index (χ2n) is 3.94. The molecule has 2 unspecified atom stereocenters. The van der Waals surface area contributed by atoms with Gasteiger partial charge in [0.05, 0.1) is 25.0 Å². The molecule has 1 saturated carbocycles. The fraction of sp³-hybridized carbons (Fsp3) is 0.417. The average molecular weight is 226 g/mol. The van der Waals surface area contributed by atoms with Gasteiger partial charge in [-0.05, 0) is 5.56 Å². The number of alkyl halides is 2. The van der Waals surface area contributed by atoms with E-state index >= 15 is 0 Å². The van der Waals surface area contributed by atoms with Crippen molar-refractivity contribution in [3.05, 3.63) is 35.9 Å². The number of carbonyl (C=O) groups excluding carboxylic acids is 1. The molecular formula is C12H12F2O2. The van der Waals surface area contributed by atoms with E-state index in [9.17, 15) is 13.6 Å². The predicted octanol–water partition coefficient (Wildman–Crippen LogP) is 2.28. The Kier molecular flexibility index (Phi) is 3.01. The van der Waals surface area contributed by atoms with Gasteiger partial charge in [0.2, 0.25) is 0 Å². The van der Waals surface area contributed by atoms with Crippen molar-refractivity contribution in [2.24, 2.45) is 11.8 Å². The molecule has 2 rings (SSSR count). The summed E-state index contributed by atoms with van der Waals surface area (Å²) < 4.78 is 30.9. The highest BCUT2D eigenvalue weighted by atomic mass is 19.3. The maximum absolute atomic E-state index is 12.9. The quantitative estimate of drug-likeness (QED) is 0.720. The van der Waals surface area contributed by atoms with E-state index in [0.717, 1.165) is 5.56 Å². The molecule has 1 fully saturated rings. The first kappa shape index (κ1) is 11.2. The minimum absolute atomic E-state index is 0.0642. The number of ether oxygens (including phenoxy) is 1. The summed E-state index contributed by atoms with van der Waals surface area (Å²) in [7, 11) is 0. The minimum atomic E-state index is -2.86. The van der Waals surface area contributed by atoms with Crippen molar-refractivity contribution in [1.82, 2.24) is 0 Å². The van der Waals surface area contributed by atoms with Gasteiger partial charge in [-0.1, -0.05) is 30.3 Å². The van der Waals surface area contributed by atoms with Crippen LogP contribution in [0.25, 0.3) is 0 Å². The lowest BCUT2D eigenvalue weighted by Gasteiger charge is -2.02. The highest BCUT2D eigenvalue weighted by molar-refractivity contribution is 5.61. The molecule has 0 spiro atoms. The lowest BCUT2D eigenvalue weighted by atomic mass is 10.2. The molecule has 0 heterocycles. The van der Waals surface area contributed by atoms with Crippen molar-refractivity contribution in [2.45, 2.75) is 12.5 Å². The third-order valence-corrected chi connectivity index (χ3v) is 2.82. The monoisotopic (exact) mass is 226 g/mol. The Morgan fingerprint density at radius 1 is 1.31 bits per heavy atom. The van der Waals surface area contributed by atoms with Crippen LogP contribution in [0.2, 0.25) is 0 Å². The highest BCUT2D eigenvalue weighted by Crippen LogP contribution is 2.53. The van der Waals surface area contributed by atoms with Crippen molar-refractivity contribution in [3.8, 4) is 0 Å². The molecule has 0 saturated heterocycles. The van der Waals surface area contributed by atoms with Crippen LogP contribution in [-0.2, 0) is 16.1 Å². The zero-order valence-corrected chi connectivity index (χ0v) is 8.61. The van der Waals surface area contributed by atoms with E-state index in [1.165, 1.54) is 0 Å². The molecule has 1 aliphatic rings. The van der Waals surface area contributed by atoms with Crippen LogP contribution in [0, 0.1) is 11.8 Å². The van der Waals surface area contributed by atoms with E-state index in [0.29, 0.717) is 12.9 Å². The van der Waals surface area contributed by atoms with Gasteiger partial charge in [0.1, 0.15) is 6.29 Å². The summed E-state index contributed by atoms with van der Waals surface area (Å²) in [6.45, 7) is 0.240. The normalized spacial score (nSPS) is 26.4. The fourth-order valence-corrected chi connectivity index (χ4v) is 1.69. The van der Waals surface area contributed by atoms with Gasteiger partial charge in [-0.3, -0.25) is 0 Å². The molecule has 0 aromatic heterocycles. The van der Waals surface area contributed by atoms with Crippen molar-refractivity contribution in [2.75, 3.05) is 6.61 Å². The van der Waals surface area contributed by atoms with Crippen LogP contribution in [0.1, 0.15) is 5.56 Å². The SMILES string of the molecule is O=CC1C(COCc2ccccc2)C1(F)F. The third-order valence-electron chi connectivity index (χ3n) is 2.82.